The number of carbonyl (C=O) groups is 1. The first-order chi connectivity index (χ1) is 34.2. The number of pyridine rings is 1. The Morgan fingerprint density at radius 1 is 0.932 bits per heavy atom. The number of halogens is 1. The third-order valence-corrected chi connectivity index (χ3v) is 18.4. The molecule has 20 heteroatoms. The van der Waals surface area contributed by atoms with E-state index in [4.69, 9.17) is 44.8 Å². The van der Waals surface area contributed by atoms with Crippen LogP contribution in [0.15, 0.2) is 53.6 Å². The summed E-state index contributed by atoms with van der Waals surface area (Å²) in [7, 11) is -1.10. The molecule has 4 fully saturated rings. The monoisotopic (exact) mass is 1070 g/mol. The molecule has 1 aromatic heterocycles. The number of methoxy groups -OCH3 is 1. The van der Waals surface area contributed by atoms with Gasteiger partial charge in [0, 0.05) is 51.3 Å². The topological polar surface area (TPSA) is 228 Å². The highest BCUT2D eigenvalue weighted by Gasteiger charge is 2.59. The number of nitrogens with one attached hydrogen (secondary N) is 1. The van der Waals surface area contributed by atoms with Crippen molar-refractivity contribution >= 4 is 27.6 Å². The molecule has 414 valence electrons. The number of likely N-dealkylation sites (tertiary alicyclic amines) is 1. The predicted molar refractivity (Wildman–Crippen MR) is 274 cm³/mol. The Hall–Kier alpha value is -2.60. The zero-order chi connectivity index (χ0) is 53.8. The van der Waals surface area contributed by atoms with Crippen molar-refractivity contribution in [2.24, 2.45) is 17.8 Å². The highest BCUT2D eigenvalue weighted by molar-refractivity contribution is 7.89. The van der Waals surface area contributed by atoms with Crippen LogP contribution in [0.3, 0.4) is 0 Å². The van der Waals surface area contributed by atoms with Gasteiger partial charge >= 0.3 is 5.97 Å². The second kappa shape index (κ2) is 24.4. The van der Waals surface area contributed by atoms with Crippen molar-refractivity contribution < 1.29 is 66.8 Å². The molecular weight excluding hydrogens is 984 g/mol. The first kappa shape index (κ1) is 59.6. The molecule has 0 amide bonds. The van der Waals surface area contributed by atoms with Crippen LogP contribution in [0.1, 0.15) is 114 Å². The smallest absolute Gasteiger partial charge is 0.311 e. The van der Waals surface area contributed by atoms with Gasteiger partial charge in [0.2, 0.25) is 15.9 Å². The Morgan fingerprint density at radius 3 is 2.22 bits per heavy atom. The van der Waals surface area contributed by atoms with Crippen molar-refractivity contribution in [1.29, 1.82) is 0 Å². The average molecular weight is 1070 g/mol. The lowest BCUT2D eigenvalue weighted by molar-refractivity contribution is -0.338. The summed E-state index contributed by atoms with van der Waals surface area (Å²) in [6.45, 7) is 19.6. The summed E-state index contributed by atoms with van der Waals surface area (Å²) >= 11 is 6.25. The molecule has 0 radical (unpaired) electrons. The van der Waals surface area contributed by atoms with E-state index in [1.807, 2.05) is 13.8 Å². The lowest BCUT2D eigenvalue weighted by Gasteiger charge is -2.55. The number of cyclic esters (lactones) is 1. The third kappa shape index (κ3) is 13.4. The van der Waals surface area contributed by atoms with Gasteiger partial charge in [0.1, 0.15) is 29.0 Å². The van der Waals surface area contributed by atoms with E-state index < -0.39 is 118 Å². The van der Waals surface area contributed by atoms with E-state index in [-0.39, 0.29) is 48.9 Å². The number of aliphatic hydroxyl groups excluding tert-OH is 1. The average Bonchev–Trinajstić information content (AvgIpc) is 3.35. The molecule has 6 rings (SSSR count). The van der Waals surface area contributed by atoms with Gasteiger partial charge in [-0.3, -0.25) is 4.79 Å². The molecular formula is C53H85ClN4O14S. The summed E-state index contributed by atoms with van der Waals surface area (Å²) in [6.07, 6.45) is -5.02. The first-order valence-corrected chi connectivity index (χ1v) is 28.0. The summed E-state index contributed by atoms with van der Waals surface area (Å²) in [6, 6.07) is 9.62. The van der Waals surface area contributed by atoms with E-state index in [2.05, 4.69) is 15.2 Å². The molecule has 1 aromatic carbocycles. The van der Waals surface area contributed by atoms with Gasteiger partial charge in [-0.2, -0.15) is 4.31 Å². The molecule has 0 bridgehead atoms. The van der Waals surface area contributed by atoms with E-state index in [1.54, 1.807) is 85.9 Å². The number of piperidine rings is 1. The fraction of sp³-hybridized carbons (Fsp3) is 0.774. The highest BCUT2D eigenvalue weighted by atomic mass is 35.5. The van der Waals surface area contributed by atoms with Crippen molar-refractivity contribution in [1.82, 2.24) is 19.5 Å². The van der Waals surface area contributed by atoms with Gasteiger partial charge in [-0.15, -0.1) is 0 Å². The second-order valence-corrected chi connectivity index (χ2v) is 24.6. The number of esters is 1. The van der Waals surface area contributed by atoms with Crippen LogP contribution < -0.4 is 10.1 Å². The number of nitrogens with zero attached hydrogens (tertiary/aromatic N) is 3. The summed E-state index contributed by atoms with van der Waals surface area (Å²) in [4.78, 5) is 21.5. The molecule has 0 aliphatic carbocycles. The van der Waals surface area contributed by atoms with Crippen LogP contribution in [0.25, 0.3) is 0 Å². The lowest BCUT2D eigenvalue weighted by Crippen LogP contribution is -2.70. The number of ether oxygens (including phenoxy) is 7. The minimum Gasteiger partial charge on any atom is -0.467 e. The highest BCUT2D eigenvalue weighted by Crippen LogP contribution is 2.44. The molecule has 0 saturated carbocycles. The summed E-state index contributed by atoms with van der Waals surface area (Å²) < 4.78 is 76.5. The van der Waals surface area contributed by atoms with Crippen molar-refractivity contribution in [3.05, 3.63) is 53.7 Å². The number of sulfonamides is 1. The number of carbonyl (C=O) groups excluding carboxylic acids is 1. The van der Waals surface area contributed by atoms with Gasteiger partial charge in [-0.05, 0) is 124 Å². The number of aromatic nitrogens is 1. The molecule has 18 atom stereocenters. The van der Waals surface area contributed by atoms with Crippen molar-refractivity contribution in [3.8, 4) is 5.88 Å². The maximum Gasteiger partial charge on any atom is 0.311 e. The summed E-state index contributed by atoms with van der Waals surface area (Å²) in [5.41, 5.74) is -6.31. The number of rotatable bonds is 13. The maximum absolute atomic E-state index is 14.8. The Bertz CT molecular complexity index is 2190. The molecule has 18 nitrogen and oxygen atoms in total. The Labute approximate surface area is 438 Å². The number of hydrogen-bond acceptors (Lipinski definition) is 17. The van der Waals surface area contributed by atoms with E-state index in [9.17, 15) is 33.6 Å². The maximum atomic E-state index is 14.8. The molecule has 3 unspecified atom stereocenters. The molecule has 5 N–H and O–H groups in total. The number of aliphatic hydroxyl groups is 4. The van der Waals surface area contributed by atoms with Crippen LogP contribution in [0.4, 0.5) is 0 Å². The van der Waals surface area contributed by atoms with Crippen molar-refractivity contribution in [2.75, 3.05) is 40.3 Å². The Balaban J connectivity index is 1.46. The second-order valence-electron chi connectivity index (χ2n) is 22.1. The number of β-amino-alcohol motifs (C(OH)–C–C–N with tert-alkyl or cyclic N) is 1. The van der Waals surface area contributed by atoms with Crippen LogP contribution >= 0.6 is 11.6 Å². The van der Waals surface area contributed by atoms with Gasteiger partial charge in [0.15, 0.2) is 18.7 Å². The Kier molecular flexibility index (Phi) is 19.9. The lowest BCUT2D eigenvalue weighted by atomic mass is 9.74. The molecule has 5 heterocycles. The van der Waals surface area contributed by atoms with Gasteiger partial charge in [0.25, 0.3) is 0 Å². The Morgan fingerprint density at radius 2 is 1.60 bits per heavy atom. The SMILES string of the molecule is CC[C@H]1OC(=O)[C@H](C)[C@@H](OC2CC(C)(OC)C(O)(CN3CCCCC3)[C@@H](C)O2)[C@H](C)[C@@H](O[C@@H]2O[C@H](C)C[C@H](N(C)S(=O)(=O)c3ccccc3)[C@H]2Oc2ccc(Cl)cn2)[C@](C)(O)C[C@@H](C)CN[C@H](C)[C@@H](O)[C@]1(C)O. The number of benzene rings is 1. The number of likely N-dealkylation sites (N-methyl/N-ethyl adjacent to an activating group) is 1. The molecule has 4 aliphatic heterocycles. The predicted octanol–water partition coefficient (Wildman–Crippen LogP) is 5.31. The van der Waals surface area contributed by atoms with Crippen molar-refractivity contribution in [3.63, 3.8) is 0 Å². The third-order valence-electron chi connectivity index (χ3n) is 16.3. The van der Waals surface area contributed by atoms with E-state index in [0.29, 0.717) is 11.6 Å². The van der Waals surface area contributed by atoms with Gasteiger partial charge in [-0.1, -0.05) is 57.0 Å². The van der Waals surface area contributed by atoms with Crippen LogP contribution in [-0.2, 0) is 43.2 Å². The normalized spacial score (nSPS) is 41.1. The van der Waals surface area contributed by atoms with Crippen LogP contribution in [0.2, 0.25) is 5.02 Å². The van der Waals surface area contributed by atoms with Crippen LogP contribution in [0, 0.1) is 17.8 Å². The number of hydrogen-bond donors (Lipinski definition) is 5. The van der Waals surface area contributed by atoms with Crippen LogP contribution in [-0.4, -0.2) is 179 Å². The zero-order valence-electron chi connectivity index (χ0n) is 45.0. The molecule has 4 aliphatic rings. The van der Waals surface area contributed by atoms with Gasteiger partial charge in [0.05, 0.1) is 51.9 Å². The quantitative estimate of drug-likeness (QED) is 0.160. The van der Waals surface area contributed by atoms with Crippen molar-refractivity contribution in [2.45, 2.75) is 209 Å². The summed E-state index contributed by atoms with van der Waals surface area (Å²) in [5.74, 6) is -3.02. The first-order valence-electron chi connectivity index (χ1n) is 26.2. The van der Waals surface area contributed by atoms with E-state index >= 15 is 0 Å². The molecule has 4 saturated heterocycles. The largest absolute Gasteiger partial charge is 0.467 e. The standard InChI is InChI=1S/C53H85ClN4O14S/c1-13-41-52(10,62)46(59)36(6)55-29-32(2)27-50(8,61)47(34(4)44(35(5)48(60)69-41)71-43-28-51(9,66-12)53(63,37(7)68-43)31-58-24-18-15-19-25-58)72-49-45(70-42-23-22-38(54)30-56-42)40(26-33(3)67-49)57(11)73(64,65)39-20-16-14-17-21-39/h14,16-17,20-23,30,32-37,40-41,43-47,49,55,59,61-63H,13,15,18-19,24-29,31H2,1-12H3/t32-,33-,34+,35-,36-,37-,40+,41-,43?,44+,45-,46-,47-,49+,50-,51?,52-,53?/m1/s1. The fourth-order valence-electron chi connectivity index (χ4n) is 11.6. The summed E-state index contributed by atoms with van der Waals surface area (Å²) in [5, 5.41) is 52.9. The molecule has 0 spiro atoms. The zero-order valence-corrected chi connectivity index (χ0v) is 46.6. The van der Waals surface area contributed by atoms with Crippen LogP contribution in [0.5, 0.6) is 5.88 Å². The minimum absolute atomic E-state index is 0.0430. The molecule has 73 heavy (non-hydrogen) atoms. The minimum atomic E-state index is -4.13. The molecule has 2 aromatic rings. The fourth-order valence-corrected chi connectivity index (χ4v) is 13.2. The van der Waals surface area contributed by atoms with E-state index in [0.717, 1.165) is 32.4 Å². The van der Waals surface area contributed by atoms with E-state index in [1.165, 1.54) is 36.6 Å². The van der Waals surface area contributed by atoms with Gasteiger partial charge in [-0.25, -0.2) is 13.4 Å². The van der Waals surface area contributed by atoms with Gasteiger partial charge < -0.3 is 63.8 Å².